The molecule has 2 rings (SSSR count). The van der Waals surface area contributed by atoms with Crippen molar-refractivity contribution in [2.24, 2.45) is 0 Å². The summed E-state index contributed by atoms with van der Waals surface area (Å²) >= 11 is 22.1. The highest BCUT2D eigenvalue weighted by Crippen LogP contribution is 2.61. The Morgan fingerprint density at radius 1 is 0.923 bits per heavy atom. The summed E-state index contributed by atoms with van der Waals surface area (Å²) in [5, 5.41) is -4.59. The Morgan fingerprint density at radius 3 is 1.54 bits per heavy atom. The van der Waals surface area contributed by atoms with Crippen LogP contribution < -0.4 is 0 Å². The van der Waals surface area contributed by atoms with E-state index in [4.69, 9.17) is 46.4 Å². The average Bonchev–Trinajstić information content (AvgIpc) is 2.66. The molecule has 0 aromatic carbocycles. The van der Waals surface area contributed by atoms with Crippen LogP contribution in [0.3, 0.4) is 0 Å². The van der Waals surface area contributed by atoms with Crippen molar-refractivity contribution in [2.75, 3.05) is 0 Å². The van der Waals surface area contributed by atoms with Gasteiger partial charge in [0.1, 0.15) is 10.1 Å². The SMILES string of the molecule is O=C1C(Cl)=C(Cl)C(=O)C2(Cl)OC12Cl. The largest absolute Gasteiger partial charge is 0.314 e. The molecule has 2 atom stereocenters. The van der Waals surface area contributed by atoms with E-state index in [-0.39, 0.29) is 0 Å². The van der Waals surface area contributed by atoms with Crippen molar-refractivity contribution in [1.82, 2.24) is 0 Å². The van der Waals surface area contributed by atoms with Crippen LogP contribution in [0.15, 0.2) is 10.1 Å². The maximum absolute atomic E-state index is 11.3. The predicted molar refractivity (Wildman–Crippen MR) is 47.0 cm³/mol. The lowest BCUT2D eigenvalue weighted by molar-refractivity contribution is -0.120. The first kappa shape index (κ1) is 9.74. The summed E-state index contributed by atoms with van der Waals surface area (Å²) in [4.78, 5) is 22.6. The molecule has 2 aliphatic rings. The van der Waals surface area contributed by atoms with Crippen molar-refractivity contribution < 1.29 is 14.3 Å². The van der Waals surface area contributed by atoms with E-state index in [2.05, 4.69) is 4.74 Å². The summed E-state index contributed by atoms with van der Waals surface area (Å²) in [6, 6.07) is 0. The molecule has 0 N–H and O–H groups in total. The van der Waals surface area contributed by atoms with Gasteiger partial charge < -0.3 is 4.74 Å². The van der Waals surface area contributed by atoms with Gasteiger partial charge in [0.05, 0.1) is 0 Å². The minimum atomic E-state index is -1.86. The molecule has 0 bridgehead atoms. The van der Waals surface area contributed by atoms with E-state index < -0.39 is 31.8 Å². The van der Waals surface area contributed by atoms with Gasteiger partial charge in [0, 0.05) is 0 Å². The molecule has 1 heterocycles. The molecule has 0 radical (unpaired) electrons. The molecule has 0 spiro atoms. The van der Waals surface area contributed by atoms with E-state index in [1.807, 2.05) is 0 Å². The van der Waals surface area contributed by atoms with E-state index in [0.717, 1.165) is 0 Å². The molecule has 0 aromatic heterocycles. The zero-order valence-corrected chi connectivity index (χ0v) is 8.76. The second kappa shape index (κ2) is 2.41. The number of carbonyl (C=O) groups is 2. The lowest BCUT2D eigenvalue weighted by Crippen LogP contribution is -2.37. The van der Waals surface area contributed by atoms with E-state index in [0.29, 0.717) is 0 Å². The molecule has 1 saturated heterocycles. The monoisotopic (exact) mass is 260 g/mol. The zero-order chi connectivity index (χ0) is 10.0. The number of epoxide rings is 1. The van der Waals surface area contributed by atoms with Gasteiger partial charge in [-0.25, -0.2) is 0 Å². The van der Waals surface area contributed by atoms with Gasteiger partial charge in [-0.05, 0) is 0 Å². The van der Waals surface area contributed by atoms with Gasteiger partial charge in [0.15, 0.2) is 0 Å². The Hall–Kier alpha value is 0.200. The van der Waals surface area contributed by atoms with Crippen molar-refractivity contribution in [1.29, 1.82) is 0 Å². The third-order valence-electron chi connectivity index (χ3n) is 1.83. The zero-order valence-electron chi connectivity index (χ0n) is 5.74. The highest BCUT2D eigenvalue weighted by molar-refractivity contribution is 6.67. The maximum atomic E-state index is 11.3. The molecule has 1 aliphatic heterocycles. The standard InChI is InChI=1S/C6Cl4O3/c7-1-2(8)4(12)6(10)5(9,13-6)3(1)11. The molecule has 0 saturated carbocycles. The predicted octanol–water partition coefficient (Wildman–Crippen LogP) is 1.73. The van der Waals surface area contributed by atoms with Gasteiger partial charge in [-0.15, -0.1) is 0 Å². The highest BCUT2D eigenvalue weighted by Gasteiger charge is 2.81. The number of hydrogen-bond acceptors (Lipinski definition) is 3. The number of alkyl halides is 2. The first-order chi connectivity index (χ1) is 5.84. The highest BCUT2D eigenvalue weighted by atomic mass is 35.5. The van der Waals surface area contributed by atoms with Crippen LogP contribution in [0.4, 0.5) is 0 Å². The van der Waals surface area contributed by atoms with Crippen molar-refractivity contribution in [2.45, 2.75) is 10.1 Å². The van der Waals surface area contributed by atoms with Crippen LogP contribution in [0, 0.1) is 0 Å². The van der Waals surface area contributed by atoms with Crippen LogP contribution in [-0.2, 0) is 14.3 Å². The Bertz CT molecular complexity index is 342. The second-order valence-electron chi connectivity index (χ2n) is 2.58. The van der Waals surface area contributed by atoms with Gasteiger partial charge in [0.2, 0.25) is 11.6 Å². The van der Waals surface area contributed by atoms with Crippen molar-refractivity contribution in [3.63, 3.8) is 0 Å². The van der Waals surface area contributed by atoms with Crippen LogP contribution in [0.5, 0.6) is 0 Å². The first-order valence-electron chi connectivity index (χ1n) is 3.07. The van der Waals surface area contributed by atoms with Crippen LogP contribution in [0.25, 0.3) is 0 Å². The summed E-state index contributed by atoms with van der Waals surface area (Å²) < 4.78 is 4.64. The molecular weight excluding hydrogens is 262 g/mol. The first-order valence-corrected chi connectivity index (χ1v) is 4.58. The summed E-state index contributed by atoms with van der Waals surface area (Å²) in [5.74, 6) is -1.56. The van der Waals surface area contributed by atoms with Crippen LogP contribution >= 0.6 is 46.4 Å². The molecule has 7 heteroatoms. The fraction of sp³-hybridized carbons (Fsp3) is 0.333. The number of fused-ring (bicyclic) bond motifs is 1. The Labute approximate surface area is 92.5 Å². The maximum Gasteiger partial charge on any atom is 0.259 e. The molecule has 3 nitrogen and oxygen atoms in total. The van der Waals surface area contributed by atoms with E-state index in [1.165, 1.54) is 0 Å². The van der Waals surface area contributed by atoms with Gasteiger partial charge in [-0.1, -0.05) is 46.4 Å². The van der Waals surface area contributed by atoms with Gasteiger partial charge in [0.25, 0.3) is 10.1 Å². The Balaban J connectivity index is 2.61. The molecule has 2 unspecified atom stereocenters. The fourth-order valence-corrected chi connectivity index (χ4v) is 2.20. The smallest absolute Gasteiger partial charge is 0.259 e. The van der Waals surface area contributed by atoms with Crippen molar-refractivity contribution in [3.8, 4) is 0 Å². The van der Waals surface area contributed by atoms with Crippen molar-refractivity contribution in [3.05, 3.63) is 10.1 Å². The molecular formula is C6Cl4O3. The number of carbonyl (C=O) groups excluding carboxylic acids is 2. The second-order valence-corrected chi connectivity index (χ2v) is 4.40. The molecule has 70 valence electrons. The topological polar surface area (TPSA) is 46.7 Å². The normalized spacial score (nSPS) is 43.7. The number of hydrogen-bond donors (Lipinski definition) is 0. The van der Waals surface area contributed by atoms with Crippen molar-refractivity contribution >= 4 is 58.0 Å². The Kier molecular flexibility index (Phi) is 1.81. The van der Waals surface area contributed by atoms with E-state index in [1.54, 1.807) is 0 Å². The lowest BCUT2D eigenvalue weighted by atomic mass is 10.0. The lowest BCUT2D eigenvalue weighted by Gasteiger charge is -2.12. The molecule has 1 aliphatic carbocycles. The van der Waals surface area contributed by atoms with E-state index in [9.17, 15) is 9.59 Å². The van der Waals surface area contributed by atoms with Gasteiger partial charge in [-0.3, -0.25) is 9.59 Å². The molecule has 1 fully saturated rings. The van der Waals surface area contributed by atoms with Crippen LogP contribution in [0.2, 0.25) is 0 Å². The third-order valence-corrected chi connectivity index (χ3v) is 3.77. The summed E-state index contributed by atoms with van der Waals surface area (Å²) in [7, 11) is 0. The molecule has 0 aromatic rings. The van der Waals surface area contributed by atoms with Gasteiger partial charge in [-0.2, -0.15) is 0 Å². The summed E-state index contributed by atoms with van der Waals surface area (Å²) in [6.07, 6.45) is 0. The molecule has 13 heavy (non-hydrogen) atoms. The number of rotatable bonds is 0. The fourth-order valence-electron chi connectivity index (χ4n) is 1.03. The summed E-state index contributed by atoms with van der Waals surface area (Å²) in [5.41, 5.74) is 0. The number of ether oxygens (including phenoxy) is 1. The average molecular weight is 262 g/mol. The minimum absolute atomic E-state index is 0.435. The number of halogens is 4. The minimum Gasteiger partial charge on any atom is -0.314 e. The Morgan fingerprint density at radius 2 is 1.23 bits per heavy atom. The number of Topliss-reactive ketones (excluding diaryl/α,β-unsaturated/α-hetero) is 2. The molecule has 0 amide bonds. The van der Waals surface area contributed by atoms with E-state index >= 15 is 0 Å². The quantitative estimate of drug-likeness (QED) is 0.493. The van der Waals surface area contributed by atoms with Crippen LogP contribution in [-0.4, -0.2) is 21.7 Å². The number of ketones is 2. The van der Waals surface area contributed by atoms with Gasteiger partial charge >= 0.3 is 0 Å². The third kappa shape index (κ3) is 0.917. The summed E-state index contributed by atoms with van der Waals surface area (Å²) in [6.45, 7) is 0. The van der Waals surface area contributed by atoms with Crippen LogP contribution in [0.1, 0.15) is 0 Å².